The Hall–Kier alpha value is -3.93. The number of carbonyl (C=O) groups is 1. The standard InChI is InChI=1S/C30H31N5O5S/c1-35(27-12-22(27)17-39-2)29-5-3-4-24(34-29)25-9-8-20-15-31-23(14-26(20)33-25)16-32-30(36)19-6-7-21-18-40-10-11-41(37,38)28(21)13-19/h3-9,13-15,22,27H,10-12,16-18H2,1-2H3,(H,32,36)/t22-,27-/m1/s1. The molecule has 1 aliphatic heterocycles. The molecule has 0 bridgehead atoms. The number of aromatic nitrogens is 3. The number of hydrogen-bond donors (Lipinski definition) is 1. The molecule has 1 N–H and O–H groups in total. The molecule has 1 amide bonds. The zero-order valence-electron chi connectivity index (χ0n) is 22.9. The van der Waals surface area contributed by atoms with Crippen LogP contribution in [0.1, 0.15) is 28.0 Å². The van der Waals surface area contributed by atoms with Crippen molar-refractivity contribution in [2.45, 2.75) is 30.5 Å². The summed E-state index contributed by atoms with van der Waals surface area (Å²) in [6, 6.07) is 16.8. The summed E-state index contributed by atoms with van der Waals surface area (Å²) >= 11 is 0. The van der Waals surface area contributed by atoms with E-state index in [4.69, 9.17) is 19.4 Å². The fraction of sp³-hybridized carbons (Fsp3) is 0.333. The molecule has 0 saturated heterocycles. The van der Waals surface area contributed by atoms with E-state index in [-0.39, 0.29) is 41.9 Å². The first-order valence-corrected chi connectivity index (χ1v) is 15.1. The van der Waals surface area contributed by atoms with Crippen LogP contribution in [0, 0.1) is 5.92 Å². The van der Waals surface area contributed by atoms with Gasteiger partial charge in [0.2, 0.25) is 0 Å². The lowest BCUT2D eigenvalue weighted by Gasteiger charge is -2.19. The number of ether oxygens (including phenoxy) is 2. The van der Waals surface area contributed by atoms with Crippen LogP contribution in [0.3, 0.4) is 0 Å². The fourth-order valence-corrected chi connectivity index (χ4v) is 6.56. The van der Waals surface area contributed by atoms with Gasteiger partial charge in [-0.1, -0.05) is 12.1 Å². The van der Waals surface area contributed by atoms with Crippen molar-refractivity contribution >= 4 is 32.5 Å². The molecule has 3 aromatic heterocycles. The topological polar surface area (TPSA) is 124 Å². The molecule has 4 heterocycles. The van der Waals surface area contributed by atoms with Gasteiger partial charge >= 0.3 is 0 Å². The van der Waals surface area contributed by atoms with E-state index in [0.29, 0.717) is 23.2 Å². The number of methoxy groups -OCH3 is 1. The summed E-state index contributed by atoms with van der Waals surface area (Å²) in [6.07, 6.45) is 2.82. The van der Waals surface area contributed by atoms with Gasteiger partial charge in [0.15, 0.2) is 9.84 Å². The van der Waals surface area contributed by atoms with Gasteiger partial charge in [0.1, 0.15) is 5.82 Å². The van der Waals surface area contributed by atoms with Crippen molar-refractivity contribution < 1.29 is 22.7 Å². The second kappa shape index (κ2) is 11.2. The van der Waals surface area contributed by atoms with Crippen molar-refractivity contribution in [1.82, 2.24) is 20.3 Å². The van der Waals surface area contributed by atoms with E-state index >= 15 is 0 Å². The third kappa shape index (κ3) is 5.79. The average Bonchev–Trinajstić information content (AvgIpc) is 3.78. The first kappa shape index (κ1) is 27.3. The minimum atomic E-state index is -3.51. The van der Waals surface area contributed by atoms with E-state index < -0.39 is 9.84 Å². The molecule has 1 saturated carbocycles. The summed E-state index contributed by atoms with van der Waals surface area (Å²) in [5.74, 6) is 0.933. The Morgan fingerprint density at radius 3 is 2.83 bits per heavy atom. The number of nitrogens with one attached hydrogen (secondary N) is 1. The van der Waals surface area contributed by atoms with Crippen LogP contribution in [0.15, 0.2) is 65.7 Å². The molecule has 1 fully saturated rings. The number of amides is 1. The monoisotopic (exact) mass is 573 g/mol. The summed E-state index contributed by atoms with van der Waals surface area (Å²) in [5.41, 5.74) is 3.72. The van der Waals surface area contributed by atoms with Gasteiger partial charge in [-0.3, -0.25) is 9.78 Å². The summed E-state index contributed by atoms with van der Waals surface area (Å²) in [7, 11) is 0.287. The smallest absolute Gasteiger partial charge is 0.251 e. The highest BCUT2D eigenvalue weighted by molar-refractivity contribution is 7.91. The molecule has 11 heteroatoms. The van der Waals surface area contributed by atoms with Crippen molar-refractivity contribution in [3.05, 3.63) is 77.6 Å². The van der Waals surface area contributed by atoms with Crippen LogP contribution in [0.4, 0.5) is 5.82 Å². The molecule has 0 radical (unpaired) electrons. The highest BCUT2D eigenvalue weighted by Gasteiger charge is 2.40. The second-order valence-corrected chi connectivity index (χ2v) is 12.5. The Bertz CT molecular complexity index is 1730. The van der Waals surface area contributed by atoms with Gasteiger partial charge in [0.25, 0.3) is 5.91 Å². The van der Waals surface area contributed by atoms with Crippen molar-refractivity contribution in [2.24, 2.45) is 5.92 Å². The highest BCUT2D eigenvalue weighted by atomic mass is 32.2. The second-order valence-electron chi connectivity index (χ2n) is 10.5. The number of sulfone groups is 1. The van der Waals surface area contributed by atoms with Crippen LogP contribution in [0.25, 0.3) is 22.3 Å². The fourth-order valence-electron chi connectivity index (χ4n) is 5.17. The normalized spacial score (nSPS) is 19.3. The molecular formula is C30H31N5O5S. The third-order valence-electron chi connectivity index (χ3n) is 7.60. The minimum Gasteiger partial charge on any atom is -0.384 e. The van der Waals surface area contributed by atoms with Crippen LogP contribution in [-0.4, -0.2) is 68.4 Å². The zero-order chi connectivity index (χ0) is 28.6. The predicted octanol–water partition coefficient (Wildman–Crippen LogP) is 3.40. The van der Waals surface area contributed by atoms with Crippen molar-refractivity contribution in [3.8, 4) is 11.4 Å². The average molecular weight is 574 g/mol. The predicted molar refractivity (Wildman–Crippen MR) is 154 cm³/mol. The van der Waals surface area contributed by atoms with E-state index in [1.807, 2.05) is 36.4 Å². The third-order valence-corrected chi connectivity index (χ3v) is 9.35. The van der Waals surface area contributed by atoms with Gasteiger partial charge in [-0.15, -0.1) is 0 Å². The number of carbonyl (C=O) groups excluding carboxylic acids is 1. The number of anilines is 1. The number of rotatable bonds is 8. The Kier molecular flexibility index (Phi) is 7.41. The maximum absolute atomic E-state index is 12.9. The molecule has 0 spiro atoms. The lowest BCUT2D eigenvalue weighted by molar-refractivity contribution is 0.0950. The lowest BCUT2D eigenvalue weighted by Crippen LogP contribution is -2.24. The Morgan fingerprint density at radius 2 is 1.98 bits per heavy atom. The maximum atomic E-state index is 12.9. The van der Waals surface area contributed by atoms with E-state index in [1.54, 1.807) is 25.4 Å². The SMILES string of the molecule is COC[C@H]1C[C@H]1N(C)c1cccc(-c2ccc3cnc(CNC(=O)c4ccc5c(c4)S(=O)(=O)CCOC5)cc3n2)n1. The molecule has 41 heavy (non-hydrogen) atoms. The van der Waals surface area contributed by atoms with Crippen molar-refractivity contribution in [2.75, 3.05) is 38.0 Å². The van der Waals surface area contributed by atoms with E-state index in [9.17, 15) is 13.2 Å². The maximum Gasteiger partial charge on any atom is 0.251 e. The van der Waals surface area contributed by atoms with Crippen LogP contribution in [0.5, 0.6) is 0 Å². The van der Waals surface area contributed by atoms with Gasteiger partial charge in [0, 0.05) is 43.3 Å². The van der Waals surface area contributed by atoms with Gasteiger partial charge in [-0.25, -0.2) is 18.4 Å². The largest absolute Gasteiger partial charge is 0.384 e. The molecule has 212 valence electrons. The molecule has 6 rings (SSSR count). The molecule has 10 nitrogen and oxygen atoms in total. The van der Waals surface area contributed by atoms with Crippen LogP contribution >= 0.6 is 0 Å². The molecule has 1 aliphatic carbocycles. The number of pyridine rings is 3. The number of fused-ring (bicyclic) bond motifs is 2. The van der Waals surface area contributed by atoms with E-state index in [0.717, 1.165) is 41.1 Å². The highest BCUT2D eigenvalue weighted by Crippen LogP contribution is 2.37. The van der Waals surface area contributed by atoms with Crippen molar-refractivity contribution in [3.63, 3.8) is 0 Å². The molecule has 1 aromatic carbocycles. The summed E-state index contributed by atoms with van der Waals surface area (Å²) in [4.78, 5) is 29.4. The van der Waals surface area contributed by atoms with Gasteiger partial charge in [-0.2, -0.15) is 0 Å². The van der Waals surface area contributed by atoms with Crippen LogP contribution in [-0.2, 0) is 32.5 Å². The summed E-state index contributed by atoms with van der Waals surface area (Å²) in [5, 5.41) is 3.71. The van der Waals surface area contributed by atoms with Crippen molar-refractivity contribution in [1.29, 1.82) is 0 Å². The molecule has 2 atom stereocenters. The molecule has 2 aliphatic rings. The van der Waals surface area contributed by atoms with Crippen LogP contribution in [0.2, 0.25) is 0 Å². The number of nitrogens with zero attached hydrogens (tertiary/aromatic N) is 4. The summed E-state index contributed by atoms with van der Waals surface area (Å²) < 4.78 is 35.8. The van der Waals surface area contributed by atoms with E-state index in [1.165, 1.54) is 6.07 Å². The molecule has 0 unspecified atom stereocenters. The Morgan fingerprint density at radius 1 is 1.12 bits per heavy atom. The Balaban J connectivity index is 1.17. The van der Waals surface area contributed by atoms with Gasteiger partial charge < -0.3 is 19.7 Å². The quantitative estimate of drug-likeness (QED) is 0.338. The van der Waals surface area contributed by atoms with Gasteiger partial charge in [0.05, 0.1) is 59.6 Å². The van der Waals surface area contributed by atoms with E-state index in [2.05, 4.69) is 22.2 Å². The first-order valence-electron chi connectivity index (χ1n) is 13.5. The summed E-state index contributed by atoms with van der Waals surface area (Å²) in [6.45, 7) is 1.26. The van der Waals surface area contributed by atoms with Crippen LogP contribution < -0.4 is 10.2 Å². The molecule has 4 aromatic rings. The number of hydrogen-bond acceptors (Lipinski definition) is 9. The first-order chi connectivity index (χ1) is 19.8. The molecular weight excluding hydrogens is 542 g/mol. The lowest BCUT2D eigenvalue weighted by atomic mass is 10.1. The minimum absolute atomic E-state index is 0.104. The van der Waals surface area contributed by atoms with Gasteiger partial charge in [-0.05, 0) is 54.4 Å². The zero-order valence-corrected chi connectivity index (χ0v) is 23.7. The number of benzene rings is 1. The Labute approximate surface area is 238 Å².